The largest absolute Gasteiger partial charge is 0.457 e. The molecule has 12 heteroatoms. The Kier molecular flexibility index (Phi) is 12.6. The van der Waals surface area contributed by atoms with Gasteiger partial charge >= 0.3 is 12.1 Å². The number of esters is 1. The summed E-state index contributed by atoms with van der Waals surface area (Å²) in [6.07, 6.45) is 3.80. The molecular formula is C34H49FN4O7. The van der Waals surface area contributed by atoms with Gasteiger partial charge in [-0.25, -0.2) is 9.18 Å². The summed E-state index contributed by atoms with van der Waals surface area (Å²) in [5.41, 5.74) is 1.94. The summed E-state index contributed by atoms with van der Waals surface area (Å²) in [6.45, 7) is 9.78. The number of carbonyl (C=O) groups excluding carboxylic acids is 3. The molecule has 3 heterocycles. The van der Waals surface area contributed by atoms with Gasteiger partial charge in [0.1, 0.15) is 24.6 Å². The fraction of sp³-hybridized carbons (Fsp3) is 0.618. The SMILES string of the molecule is C/C(=C\c1cc(F)cc(N2CCN(C(=O)CO)CC2)c1)[C@H]1OC(=O)C[C@H](O)CC[C@H](C)[C@@H](OC(=O)N2CCN(C)CC2)/C=C/[C@@H]1C. The molecule has 4 rings (SSSR count). The zero-order chi connectivity index (χ0) is 33.4. The van der Waals surface area contributed by atoms with Gasteiger partial charge in [0.2, 0.25) is 5.91 Å². The second kappa shape index (κ2) is 16.4. The van der Waals surface area contributed by atoms with Gasteiger partial charge in [0.05, 0.1) is 12.5 Å². The molecule has 0 aromatic heterocycles. The van der Waals surface area contributed by atoms with E-state index in [1.807, 2.05) is 50.9 Å². The van der Waals surface area contributed by atoms with Crippen molar-refractivity contribution in [3.63, 3.8) is 0 Å². The maximum Gasteiger partial charge on any atom is 0.410 e. The predicted molar refractivity (Wildman–Crippen MR) is 172 cm³/mol. The third-order valence-electron chi connectivity index (χ3n) is 9.14. The summed E-state index contributed by atoms with van der Waals surface area (Å²) in [6, 6.07) is 4.71. The lowest BCUT2D eigenvalue weighted by molar-refractivity contribution is -0.151. The molecule has 3 aliphatic rings. The first-order chi connectivity index (χ1) is 21.9. The van der Waals surface area contributed by atoms with Crippen molar-refractivity contribution in [3.8, 4) is 0 Å². The van der Waals surface area contributed by atoms with E-state index in [1.165, 1.54) is 12.1 Å². The van der Waals surface area contributed by atoms with E-state index in [-0.39, 0.29) is 30.3 Å². The van der Waals surface area contributed by atoms with Crippen LogP contribution in [0, 0.1) is 17.7 Å². The first kappa shape index (κ1) is 35.4. The molecule has 0 unspecified atom stereocenters. The van der Waals surface area contributed by atoms with E-state index >= 15 is 0 Å². The molecule has 2 amide bonds. The molecule has 254 valence electrons. The number of likely N-dealkylation sites (N-methyl/N-ethyl adjacent to an activating group) is 1. The van der Waals surface area contributed by atoms with Gasteiger partial charge in [0, 0.05) is 64.0 Å². The van der Waals surface area contributed by atoms with Crippen LogP contribution < -0.4 is 4.90 Å². The second-order valence-electron chi connectivity index (χ2n) is 12.9. The number of anilines is 1. The lowest BCUT2D eigenvalue weighted by atomic mass is 9.91. The molecular weight excluding hydrogens is 595 g/mol. The number of halogens is 1. The Morgan fingerprint density at radius 1 is 1.00 bits per heavy atom. The number of nitrogens with zero attached hydrogens (tertiary/aromatic N) is 4. The van der Waals surface area contributed by atoms with E-state index in [0.717, 1.165) is 13.1 Å². The summed E-state index contributed by atoms with van der Waals surface area (Å²) >= 11 is 0. The number of ether oxygens (including phenoxy) is 2. The number of hydrogen-bond acceptors (Lipinski definition) is 9. The fourth-order valence-corrected chi connectivity index (χ4v) is 6.15. The maximum atomic E-state index is 14.8. The molecule has 0 radical (unpaired) electrons. The van der Waals surface area contributed by atoms with E-state index in [1.54, 1.807) is 15.9 Å². The van der Waals surface area contributed by atoms with Gasteiger partial charge in [-0.15, -0.1) is 0 Å². The minimum Gasteiger partial charge on any atom is -0.457 e. The van der Waals surface area contributed by atoms with Crippen molar-refractivity contribution in [2.24, 2.45) is 11.8 Å². The van der Waals surface area contributed by atoms with Crippen molar-refractivity contribution < 1.29 is 38.5 Å². The van der Waals surface area contributed by atoms with Gasteiger partial charge in [-0.2, -0.15) is 0 Å². The van der Waals surface area contributed by atoms with E-state index in [2.05, 4.69) is 4.90 Å². The number of piperazine rings is 2. The Balaban J connectivity index is 1.54. The van der Waals surface area contributed by atoms with Crippen LogP contribution in [0.5, 0.6) is 0 Å². The van der Waals surface area contributed by atoms with Crippen LogP contribution in [0.2, 0.25) is 0 Å². The molecule has 1 aromatic carbocycles. The highest BCUT2D eigenvalue weighted by Crippen LogP contribution is 2.27. The van der Waals surface area contributed by atoms with Crippen LogP contribution in [-0.2, 0) is 19.1 Å². The Hall–Kier alpha value is -3.48. The number of carbonyl (C=O) groups is 3. The van der Waals surface area contributed by atoms with Crippen molar-refractivity contribution in [3.05, 3.63) is 47.3 Å². The Bertz CT molecular complexity index is 1270. The van der Waals surface area contributed by atoms with Gasteiger partial charge < -0.3 is 39.3 Å². The third kappa shape index (κ3) is 9.76. The lowest BCUT2D eigenvalue weighted by Gasteiger charge is -2.36. The van der Waals surface area contributed by atoms with Crippen molar-refractivity contribution in [2.75, 3.05) is 70.9 Å². The average Bonchev–Trinajstić information content (AvgIpc) is 3.03. The molecule has 0 aliphatic carbocycles. The Morgan fingerprint density at radius 3 is 2.35 bits per heavy atom. The van der Waals surface area contributed by atoms with Crippen molar-refractivity contribution in [2.45, 2.75) is 58.3 Å². The smallest absolute Gasteiger partial charge is 0.410 e. The lowest BCUT2D eigenvalue weighted by Crippen LogP contribution is -2.49. The number of aliphatic hydroxyl groups excluding tert-OH is 2. The van der Waals surface area contributed by atoms with Crippen LogP contribution in [0.15, 0.2) is 35.9 Å². The topological polar surface area (TPSA) is 123 Å². The molecule has 3 aliphatic heterocycles. The van der Waals surface area contributed by atoms with Gasteiger partial charge in [-0.05, 0) is 68.1 Å². The molecule has 2 fully saturated rings. The molecule has 0 spiro atoms. The highest BCUT2D eigenvalue weighted by atomic mass is 19.1. The second-order valence-corrected chi connectivity index (χ2v) is 12.9. The van der Waals surface area contributed by atoms with E-state index in [0.29, 0.717) is 68.9 Å². The first-order valence-electron chi connectivity index (χ1n) is 16.3. The van der Waals surface area contributed by atoms with Crippen LogP contribution in [0.1, 0.15) is 45.6 Å². The molecule has 0 saturated carbocycles. The molecule has 2 N–H and O–H groups in total. The average molecular weight is 645 g/mol. The fourth-order valence-electron chi connectivity index (χ4n) is 6.15. The third-order valence-corrected chi connectivity index (χ3v) is 9.14. The Labute approximate surface area is 271 Å². The van der Waals surface area contributed by atoms with E-state index < -0.39 is 36.7 Å². The summed E-state index contributed by atoms with van der Waals surface area (Å²) < 4.78 is 26.7. The van der Waals surface area contributed by atoms with Crippen LogP contribution in [-0.4, -0.2) is 127 Å². The normalized spacial score (nSPS) is 28.2. The van der Waals surface area contributed by atoms with Crippen LogP contribution in [0.25, 0.3) is 6.08 Å². The molecule has 5 atom stereocenters. The van der Waals surface area contributed by atoms with Crippen molar-refractivity contribution in [1.82, 2.24) is 14.7 Å². The summed E-state index contributed by atoms with van der Waals surface area (Å²) in [4.78, 5) is 45.3. The molecule has 1 aromatic rings. The zero-order valence-electron chi connectivity index (χ0n) is 27.4. The van der Waals surface area contributed by atoms with Crippen LogP contribution in [0.3, 0.4) is 0 Å². The van der Waals surface area contributed by atoms with Crippen molar-refractivity contribution in [1.29, 1.82) is 0 Å². The van der Waals surface area contributed by atoms with Crippen LogP contribution >= 0.6 is 0 Å². The van der Waals surface area contributed by atoms with Gasteiger partial charge in [0.15, 0.2) is 0 Å². The standard InChI is InChI=1S/C34H49FN4O7/c1-23-5-7-29(41)21-32(43)46-33(24(2)6-8-30(23)45-34(44)39-11-9-36(4)10-12-39)25(3)17-26-18-27(35)20-28(19-26)37-13-15-38(16-14-37)31(42)22-40/h6,8,17-20,23-24,29-30,33,40-41H,5,7,9-16,21-22H2,1-4H3/b8-6+,25-17+/t23-,24-,29+,30-,33-/m0/s1. The highest BCUT2D eigenvalue weighted by molar-refractivity contribution is 5.77. The van der Waals surface area contributed by atoms with Gasteiger partial charge in [-0.3, -0.25) is 9.59 Å². The van der Waals surface area contributed by atoms with Gasteiger partial charge in [0.25, 0.3) is 0 Å². The van der Waals surface area contributed by atoms with Crippen LogP contribution in [0.4, 0.5) is 14.9 Å². The number of amides is 2. The van der Waals surface area contributed by atoms with Gasteiger partial charge in [-0.1, -0.05) is 26.0 Å². The minimum absolute atomic E-state index is 0.0885. The quantitative estimate of drug-likeness (QED) is 0.368. The molecule has 11 nitrogen and oxygen atoms in total. The molecule has 2 saturated heterocycles. The summed E-state index contributed by atoms with van der Waals surface area (Å²) in [5, 5.41) is 19.8. The van der Waals surface area contributed by atoms with E-state index in [9.17, 15) is 23.9 Å². The predicted octanol–water partition coefficient (Wildman–Crippen LogP) is 2.91. The number of hydrogen-bond donors (Lipinski definition) is 2. The molecule has 0 bridgehead atoms. The highest BCUT2D eigenvalue weighted by Gasteiger charge is 2.29. The summed E-state index contributed by atoms with van der Waals surface area (Å²) in [5.74, 6) is -1.68. The van der Waals surface area contributed by atoms with E-state index in [4.69, 9.17) is 14.6 Å². The first-order valence-corrected chi connectivity index (χ1v) is 16.3. The maximum absolute atomic E-state index is 14.8. The number of benzene rings is 1. The number of aliphatic hydroxyl groups is 2. The number of rotatable bonds is 5. The Morgan fingerprint density at radius 2 is 1.67 bits per heavy atom. The number of cyclic esters (lactones) is 1. The monoisotopic (exact) mass is 644 g/mol. The zero-order valence-corrected chi connectivity index (χ0v) is 27.4. The summed E-state index contributed by atoms with van der Waals surface area (Å²) in [7, 11) is 2.02. The van der Waals surface area contributed by atoms with Crippen molar-refractivity contribution >= 4 is 29.7 Å². The minimum atomic E-state index is -0.897. The molecule has 46 heavy (non-hydrogen) atoms.